The number of benzene rings is 1. The topological polar surface area (TPSA) is 35.5 Å². The average molecular weight is 339 g/mol. The summed E-state index contributed by atoms with van der Waals surface area (Å²) in [5.41, 5.74) is 1.02. The van der Waals surface area contributed by atoms with Gasteiger partial charge in [-0.3, -0.25) is 0 Å². The zero-order valence-corrected chi connectivity index (χ0v) is 14.9. The van der Waals surface area contributed by atoms with E-state index in [2.05, 4.69) is 0 Å². The lowest BCUT2D eigenvalue weighted by Crippen LogP contribution is -2.53. The SMILES string of the molecule is CC(C)(C)[S+]([O-])N(Cc1ccccc1)C(CF)C1CCC=CO1. The van der Waals surface area contributed by atoms with Crippen LogP contribution in [0.15, 0.2) is 42.7 Å². The molecule has 1 aromatic carbocycles. The van der Waals surface area contributed by atoms with Crippen LogP contribution in [0.2, 0.25) is 0 Å². The van der Waals surface area contributed by atoms with Gasteiger partial charge in [-0.05, 0) is 45.3 Å². The smallest absolute Gasteiger partial charge is 0.137 e. The van der Waals surface area contributed by atoms with Crippen LogP contribution >= 0.6 is 0 Å². The molecule has 3 nitrogen and oxygen atoms in total. The Bertz CT molecular complexity index is 503. The van der Waals surface area contributed by atoms with Gasteiger partial charge in [0.1, 0.15) is 23.6 Å². The zero-order chi connectivity index (χ0) is 16.9. The molecule has 0 saturated carbocycles. The first kappa shape index (κ1) is 18.3. The standard InChI is InChI=1S/C18H26FNO2S/c1-18(2,3)23(21)20(14-15-9-5-4-6-10-15)16(13-19)17-11-7-8-12-22-17/h4-6,8-10,12,16-17H,7,11,13-14H2,1-3H3. The monoisotopic (exact) mass is 339 g/mol. The second-order valence-corrected chi connectivity index (χ2v) is 8.96. The van der Waals surface area contributed by atoms with Crippen molar-refractivity contribution in [2.24, 2.45) is 0 Å². The van der Waals surface area contributed by atoms with Crippen molar-refractivity contribution >= 4 is 11.4 Å². The van der Waals surface area contributed by atoms with Gasteiger partial charge >= 0.3 is 0 Å². The number of ether oxygens (including phenoxy) is 1. The molecule has 1 aromatic rings. The minimum atomic E-state index is -1.32. The molecule has 1 aliphatic rings. The molecular weight excluding hydrogens is 313 g/mol. The number of hydrogen-bond acceptors (Lipinski definition) is 3. The van der Waals surface area contributed by atoms with E-state index in [4.69, 9.17) is 4.74 Å². The molecule has 3 atom stereocenters. The molecule has 0 spiro atoms. The first-order valence-electron chi connectivity index (χ1n) is 8.02. The molecule has 3 unspecified atom stereocenters. The van der Waals surface area contributed by atoms with Crippen molar-refractivity contribution in [2.75, 3.05) is 6.67 Å². The molecule has 0 aliphatic carbocycles. The lowest BCUT2D eigenvalue weighted by molar-refractivity contribution is 0.0421. The van der Waals surface area contributed by atoms with Crippen molar-refractivity contribution in [1.29, 1.82) is 0 Å². The van der Waals surface area contributed by atoms with Gasteiger partial charge in [-0.2, -0.15) is 0 Å². The fourth-order valence-electron chi connectivity index (χ4n) is 2.61. The molecule has 0 bridgehead atoms. The number of rotatable bonds is 6. The van der Waals surface area contributed by atoms with Gasteiger partial charge in [0.25, 0.3) is 0 Å². The first-order valence-corrected chi connectivity index (χ1v) is 9.13. The maximum atomic E-state index is 13.9. The van der Waals surface area contributed by atoms with Gasteiger partial charge < -0.3 is 9.29 Å². The highest BCUT2D eigenvalue weighted by Gasteiger charge is 2.41. The Hall–Kier alpha value is -1.04. The number of hydrogen-bond donors (Lipinski definition) is 0. The maximum Gasteiger partial charge on any atom is 0.137 e. The quantitative estimate of drug-likeness (QED) is 0.735. The summed E-state index contributed by atoms with van der Waals surface area (Å²) < 4.78 is 33.8. The molecule has 1 aliphatic heterocycles. The third kappa shape index (κ3) is 4.96. The Kier molecular flexibility index (Phi) is 6.50. The molecule has 128 valence electrons. The summed E-state index contributed by atoms with van der Waals surface area (Å²) in [5.74, 6) is 0. The largest absolute Gasteiger partial charge is 0.597 e. The second kappa shape index (κ2) is 8.18. The highest BCUT2D eigenvalue weighted by molar-refractivity contribution is 7.90. The van der Waals surface area contributed by atoms with Crippen LogP contribution in [0.5, 0.6) is 0 Å². The molecule has 0 saturated heterocycles. The number of halogens is 1. The van der Waals surface area contributed by atoms with Crippen LogP contribution in [0.4, 0.5) is 4.39 Å². The second-order valence-electron chi connectivity index (χ2n) is 6.77. The van der Waals surface area contributed by atoms with Gasteiger partial charge in [0.15, 0.2) is 0 Å². The van der Waals surface area contributed by atoms with Crippen LogP contribution < -0.4 is 0 Å². The molecule has 0 N–H and O–H groups in total. The highest BCUT2D eigenvalue weighted by atomic mass is 32.2. The summed E-state index contributed by atoms with van der Waals surface area (Å²) >= 11 is -1.32. The number of alkyl halides is 1. The third-order valence-electron chi connectivity index (χ3n) is 3.84. The van der Waals surface area contributed by atoms with Gasteiger partial charge in [-0.25, -0.2) is 4.39 Å². The van der Waals surface area contributed by atoms with Crippen LogP contribution in [-0.4, -0.2) is 32.4 Å². The molecule has 1 heterocycles. The fourth-order valence-corrected chi connectivity index (χ4v) is 4.02. The van der Waals surface area contributed by atoms with Crippen molar-refractivity contribution in [3.8, 4) is 0 Å². The predicted octanol–water partition coefficient (Wildman–Crippen LogP) is 3.98. The van der Waals surface area contributed by atoms with Gasteiger partial charge in [0, 0.05) is 11.4 Å². The Labute approximate surface area is 141 Å². The van der Waals surface area contributed by atoms with E-state index in [1.54, 1.807) is 10.6 Å². The van der Waals surface area contributed by atoms with Gasteiger partial charge in [-0.1, -0.05) is 30.3 Å². The predicted molar refractivity (Wildman–Crippen MR) is 92.9 cm³/mol. The minimum absolute atomic E-state index is 0.264. The minimum Gasteiger partial charge on any atom is -0.597 e. The summed E-state index contributed by atoms with van der Waals surface area (Å²) in [4.78, 5) is 0. The lowest BCUT2D eigenvalue weighted by Gasteiger charge is -2.39. The molecule has 0 amide bonds. The normalized spacial score (nSPS) is 21.0. The Morgan fingerprint density at radius 3 is 2.57 bits per heavy atom. The molecule has 0 fully saturated rings. The molecule has 2 rings (SSSR count). The summed E-state index contributed by atoms with van der Waals surface area (Å²) in [6.07, 6.45) is 4.92. The van der Waals surface area contributed by atoms with Gasteiger partial charge in [0.05, 0.1) is 12.8 Å². The Morgan fingerprint density at radius 2 is 2.04 bits per heavy atom. The summed E-state index contributed by atoms with van der Waals surface area (Å²) in [6, 6.07) is 9.26. The van der Waals surface area contributed by atoms with E-state index in [0.717, 1.165) is 18.4 Å². The van der Waals surface area contributed by atoms with Crippen molar-refractivity contribution < 1.29 is 13.7 Å². The molecular formula is C18H26FNO2S. The van der Waals surface area contributed by atoms with E-state index in [0.29, 0.717) is 6.54 Å². The van der Waals surface area contributed by atoms with E-state index in [9.17, 15) is 8.94 Å². The van der Waals surface area contributed by atoms with Gasteiger partial charge in [0.2, 0.25) is 0 Å². The van der Waals surface area contributed by atoms with E-state index < -0.39 is 28.8 Å². The summed E-state index contributed by atoms with van der Waals surface area (Å²) in [5, 5.41) is 0. The molecule has 5 heteroatoms. The van der Waals surface area contributed by atoms with Crippen LogP contribution in [0.25, 0.3) is 0 Å². The van der Waals surface area contributed by atoms with E-state index >= 15 is 0 Å². The van der Waals surface area contributed by atoms with Gasteiger partial charge in [-0.15, -0.1) is 4.31 Å². The van der Waals surface area contributed by atoms with E-state index in [1.165, 1.54) is 0 Å². The average Bonchev–Trinajstić information content (AvgIpc) is 2.55. The lowest BCUT2D eigenvalue weighted by atomic mass is 10.0. The number of nitrogens with zero attached hydrogens (tertiary/aromatic N) is 1. The first-order chi connectivity index (χ1) is 10.9. The number of allylic oxidation sites excluding steroid dienone is 1. The van der Waals surface area contributed by atoms with E-state index in [-0.39, 0.29) is 6.10 Å². The van der Waals surface area contributed by atoms with Crippen molar-refractivity contribution in [3.63, 3.8) is 0 Å². The fraction of sp³-hybridized carbons (Fsp3) is 0.556. The van der Waals surface area contributed by atoms with Crippen molar-refractivity contribution in [2.45, 2.75) is 57.1 Å². The Balaban J connectivity index is 2.25. The third-order valence-corrected chi connectivity index (χ3v) is 5.72. The van der Waals surface area contributed by atoms with Crippen LogP contribution in [0.1, 0.15) is 39.2 Å². The van der Waals surface area contributed by atoms with Crippen LogP contribution in [0, 0.1) is 0 Å². The van der Waals surface area contributed by atoms with Crippen LogP contribution in [-0.2, 0) is 22.6 Å². The molecule has 0 radical (unpaired) electrons. The summed E-state index contributed by atoms with van der Waals surface area (Å²) in [6.45, 7) is 5.62. The highest BCUT2D eigenvalue weighted by Crippen LogP contribution is 2.29. The summed E-state index contributed by atoms with van der Waals surface area (Å²) in [7, 11) is 0. The van der Waals surface area contributed by atoms with Crippen molar-refractivity contribution in [3.05, 3.63) is 48.2 Å². The zero-order valence-electron chi connectivity index (χ0n) is 14.1. The Morgan fingerprint density at radius 1 is 1.35 bits per heavy atom. The van der Waals surface area contributed by atoms with Crippen molar-refractivity contribution in [1.82, 2.24) is 4.31 Å². The van der Waals surface area contributed by atoms with E-state index in [1.807, 2.05) is 57.2 Å². The molecule has 23 heavy (non-hydrogen) atoms. The van der Waals surface area contributed by atoms with Crippen LogP contribution in [0.3, 0.4) is 0 Å². The maximum absolute atomic E-state index is 13.9. The molecule has 0 aromatic heterocycles.